The Hall–Kier alpha value is -1.21. The lowest BCUT2D eigenvalue weighted by atomic mass is 10.5. The molecule has 1 aromatic heterocycles. The molecule has 0 aliphatic rings. The van der Waals surface area contributed by atoms with Crippen molar-refractivity contribution in [3.05, 3.63) is 5.01 Å². The zero-order valence-electron chi connectivity index (χ0n) is 10.4. The number of carbonyl (C=O) groups is 1. The molecule has 96 valence electrons. The Bertz CT molecular complexity index is 356. The summed E-state index contributed by atoms with van der Waals surface area (Å²) in [6.45, 7) is 6.42. The van der Waals surface area contributed by atoms with E-state index < -0.39 is 0 Å². The third-order valence-corrected chi connectivity index (χ3v) is 2.93. The molecule has 0 radical (unpaired) electrons. The maximum absolute atomic E-state index is 11.9. The zero-order chi connectivity index (χ0) is 12.7. The summed E-state index contributed by atoms with van der Waals surface area (Å²) in [6, 6.07) is 0. The van der Waals surface area contributed by atoms with Crippen LogP contribution >= 0.6 is 11.3 Å². The molecule has 0 aliphatic heterocycles. The molecule has 1 aromatic rings. The van der Waals surface area contributed by atoms with Crippen LogP contribution in [0.3, 0.4) is 0 Å². The van der Waals surface area contributed by atoms with Crippen LogP contribution in [0, 0.1) is 0 Å². The van der Waals surface area contributed by atoms with E-state index >= 15 is 0 Å². The summed E-state index contributed by atoms with van der Waals surface area (Å²) in [5.74, 6) is -0.119. The molecule has 0 atom stereocenters. The molecule has 0 spiro atoms. The number of aromatic nitrogens is 2. The number of hydrogen-bond acceptors (Lipinski definition) is 6. The number of carbonyl (C=O) groups excluding carboxylic acids is 1. The van der Waals surface area contributed by atoms with Crippen LogP contribution in [0.2, 0.25) is 0 Å². The van der Waals surface area contributed by atoms with Gasteiger partial charge < -0.3 is 15.0 Å². The first-order valence-electron chi connectivity index (χ1n) is 5.59. The fourth-order valence-electron chi connectivity index (χ4n) is 1.14. The molecule has 7 heteroatoms. The number of ether oxygens (including phenoxy) is 1. The summed E-state index contributed by atoms with van der Waals surface area (Å²) in [5, 5.41) is 11.8. The van der Waals surface area contributed by atoms with Crippen molar-refractivity contribution in [2.75, 3.05) is 38.7 Å². The molecule has 0 aliphatic carbocycles. The molecule has 1 N–H and O–H groups in total. The van der Waals surface area contributed by atoms with Crippen LogP contribution in [0.25, 0.3) is 0 Å². The normalized spacial score (nSPS) is 10.3. The second-order valence-electron chi connectivity index (χ2n) is 3.37. The first-order chi connectivity index (χ1) is 8.19. The molecule has 1 heterocycles. The summed E-state index contributed by atoms with van der Waals surface area (Å²) < 4.78 is 5.20. The third-order valence-electron chi connectivity index (χ3n) is 2.06. The van der Waals surface area contributed by atoms with Gasteiger partial charge in [0.05, 0.1) is 6.61 Å². The summed E-state index contributed by atoms with van der Waals surface area (Å²) in [6.07, 6.45) is 0. The van der Waals surface area contributed by atoms with Crippen LogP contribution in [-0.4, -0.2) is 54.4 Å². The van der Waals surface area contributed by atoms with Crippen LogP contribution in [0.4, 0.5) is 5.13 Å². The van der Waals surface area contributed by atoms with E-state index in [1.165, 1.54) is 11.3 Å². The molecule has 1 amide bonds. The molecule has 6 nitrogen and oxygen atoms in total. The second kappa shape index (κ2) is 7.18. The summed E-state index contributed by atoms with van der Waals surface area (Å²) in [4.78, 5) is 13.5. The van der Waals surface area contributed by atoms with Gasteiger partial charge in [0, 0.05) is 26.7 Å². The summed E-state index contributed by atoms with van der Waals surface area (Å²) in [5.41, 5.74) is 0. The lowest BCUT2D eigenvalue weighted by Crippen LogP contribution is -2.30. The number of rotatable bonds is 7. The van der Waals surface area contributed by atoms with E-state index in [1.54, 1.807) is 11.9 Å². The maximum Gasteiger partial charge on any atom is 0.284 e. The first kappa shape index (κ1) is 13.9. The van der Waals surface area contributed by atoms with E-state index in [1.807, 2.05) is 13.8 Å². The first-order valence-corrected chi connectivity index (χ1v) is 6.41. The van der Waals surface area contributed by atoms with Gasteiger partial charge in [-0.3, -0.25) is 4.79 Å². The highest BCUT2D eigenvalue weighted by Gasteiger charge is 2.16. The van der Waals surface area contributed by atoms with Gasteiger partial charge in [0.25, 0.3) is 5.91 Å². The Morgan fingerprint density at radius 2 is 2.24 bits per heavy atom. The number of likely N-dealkylation sites (N-methyl/N-ethyl adjacent to an activating group) is 1. The monoisotopic (exact) mass is 258 g/mol. The van der Waals surface area contributed by atoms with Crippen molar-refractivity contribution in [1.82, 2.24) is 15.1 Å². The largest absolute Gasteiger partial charge is 0.380 e. The molecule has 0 saturated carbocycles. The predicted molar refractivity (Wildman–Crippen MR) is 67.5 cm³/mol. The van der Waals surface area contributed by atoms with E-state index in [0.29, 0.717) is 29.9 Å². The molecule has 0 bridgehead atoms. The van der Waals surface area contributed by atoms with E-state index in [2.05, 4.69) is 15.5 Å². The fourth-order valence-corrected chi connectivity index (χ4v) is 1.95. The Morgan fingerprint density at radius 1 is 1.47 bits per heavy atom. The number of hydrogen-bond donors (Lipinski definition) is 1. The Morgan fingerprint density at radius 3 is 2.88 bits per heavy atom. The SMILES string of the molecule is CCNc1nnc(C(=O)N(C)CCOCC)s1. The van der Waals surface area contributed by atoms with Crippen molar-refractivity contribution < 1.29 is 9.53 Å². The van der Waals surface area contributed by atoms with Crippen LogP contribution in [0.1, 0.15) is 23.6 Å². The minimum absolute atomic E-state index is 0.119. The second-order valence-corrected chi connectivity index (χ2v) is 4.34. The predicted octanol–water partition coefficient (Wildman–Crippen LogP) is 1.08. The van der Waals surface area contributed by atoms with E-state index in [0.717, 1.165) is 6.54 Å². The van der Waals surface area contributed by atoms with Crippen molar-refractivity contribution in [3.8, 4) is 0 Å². The number of nitrogens with zero attached hydrogens (tertiary/aromatic N) is 3. The van der Waals surface area contributed by atoms with Gasteiger partial charge in [-0.2, -0.15) is 0 Å². The van der Waals surface area contributed by atoms with Crippen LogP contribution < -0.4 is 5.32 Å². The average Bonchev–Trinajstić information content (AvgIpc) is 2.77. The van der Waals surface area contributed by atoms with Crippen molar-refractivity contribution in [2.45, 2.75) is 13.8 Å². The van der Waals surface area contributed by atoms with Gasteiger partial charge >= 0.3 is 0 Å². The lowest BCUT2D eigenvalue weighted by Gasteiger charge is -2.14. The van der Waals surface area contributed by atoms with E-state index in [4.69, 9.17) is 4.74 Å². The highest BCUT2D eigenvalue weighted by molar-refractivity contribution is 7.17. The van der Waals surface area contributed by atoms with E-state index in [-0.39, 0.29) is 5.91 Å². The van der Waals surface area contributed by atoms with Crippen molar-refractivity contribution in [1.29, 1.82) is 0 Å². The van der Waals surface area contributed by atoms with Crippen LogP contribution in [-0.2, 0) is 4.74 Å². The number of amides is 1. The molecule has 17 heavy (non-hydrogen) atoms. The van der Waals surface area contributed by atoms with Gasteiger partial charge in [0.15, 0.2) is 0 Å². The topological polar surface area (TPSA) is 67.4 Å². The van der Waals surface area contributed by atoms with Gasteiger partial charge in [-0.15, -0.1) is 10.2 Å². The van der Waals surface area contributed by atoms with E-state index in [9.17, 15) is 4.79 Å². The maximum atomic E-state index is 11.9. The zero-order valence-corrected chi connectivity index (χ0v) is 11.2. The molecular formula is C10H18N4O2S. The molecule has 0 saturated heterocycles. The molecule has 0 fully saturated rings. The standard InChI is InChI=1S/C10H18N4O2S/c1-4-11-10-13-12-8(17-10)9(15)14(3)6-7-16-5-2/h4-7H2,1-3H3,(H,11,13). The molecule has 0 unspecified atom stereocenters. The van der Waals surface area contributed by atoms with Gasteiger partial charge in [0.2, 0.25) is 10.1 Å². The van der Waals surface area contributed by atoms with Crippen LogP contribution in [0.5, 0.6) is 0 Å². The molecule has 1 rings (SSSR count). The van der Waals surface area contributed by atoms with Crippen molar-refractivity contribution >= 4 is 22.4 Å². The Labute approximate surface area is 105 Å². The number of nitrogens with one attached hydrogen (secondary N) is 1. The summed E-state index contributed by atoms with van der Waals surface area (Å²) >= 11 is 1.27. The average molecular weight is 258 g/mol. The van der Waals surface area contributed by atoms with Gasteiger partial charge in [-0.25, -0.2) is 0 Å². The van der Waals surface area contributed by atoms with Gasteiger partial charge in [-0.1, -0.05) is 11.3 Å². The molecule has 0 aromatic carbocycles. The highest BCUT2D eigenvalue weighted by Crippen LogP contribution is 2.15. The molecular weight excluding hydrogens is 240 g/mol. The lowest BCUT2D eigenvalue weighted by molar-refractivity contribution is 0.0709. The quantitative estimate of drug-likeness (QED) is 0.741. The Balaban J connectivity index is 2.49. The minimum atomic E-state index is -0.119. The van der Waals surface area contributed by atoms with Crippen molar-refractivity contribution in [3.63, 3.8) is 0 Å². The van der Waals surface area contributed by atoms with Gasteiger partial charge in [-0.05, 0) is 13.8 Å². The summed E-state index contributed by atoms with van der Waals surface area (Å²) in [7, 11) is 1.73. The minimum Gasteiger partial charge on any atom is -0.380 e. The van der Waals surface area contributed by atoms with Crippen LogP contribution in [0.15, 0.2) is 0 Å². The smallest absolute Gasteiger partial charge is 0.284 e. The number of anilines is 1. The van der Waals surface area contributed by atoms with Crippen molar-refractivity contribution in [2.24, 2.45) is 0 Å². The third kappa shape index (κ3) is 4.27. The highest BCUT2D eigenvalue weighted by atomic mass is 32.1. The Kier molecular flexibility index (Phi) is 5.85. The fraction of sp³-hybridized carbons (Fsp3) is 0.700. The van der Waals surface area contributed by atoms with Gasteiger partial charge in [0.1, 0.15) is 0 Å².